The average Bonchev–Trinajstić information content (AvgIpc) is 2.63. The summed E-state index contributed by atoms with van der Waals surface area (Å²) in [7, 11) is -2.58. The first kappa shape index (κ1) is 20.4. The fraction of sp³-hybridized carbons (Fsp3) is 0.235. The first-order valence-electron chi connectivity index (χ1n) is 8.01. The molecule has 0 saturated carbocycles. The largest absolute Gasteiger partial charge is 0.496 e. The van der Waals surface area contributed by atoms with Crippen molar-refractivity contribution in [3.8, 4) is 11.5 Å². The zero-order valence-corrected chi connectivity index (χ0v) is 16.9. The molecule has 8 nitrogen and oxygen atoms in total. The third kappa shape index (κ3) is 4.21. The van der Waals surface area contributed by atoms with Crippen molar-refractivity contribution in [2.45, 2.75) is 17.4 Å². The smallest absolute Gasteiger partial charge is 0.405 e. The molecule has 0 aliphatic carbocycles. The lowest BCUT2D eigenvalue weighted by atomic mass is 10.0. The lowest BCUT2D eigenvalue weighted by molar-refractivity contribution is 0.174. The van der Waals surface area contributed by atoms with Crippen LogP contribution in [0.4, 0.5) is 10.5 Å². The van der Waals surface area contributed by atoms with E-state index in [1.54, 1.807) is 0 Å². The highest BCUT2D eigenvalue weighted by molar-refractivity contribution is 7.92. The molecule has 28 heavy (non-hydrogen) atoms. The summed E-state index contributed by atoms with van der Waals surface area (Å²) in [5, 5.41) is 11.7. The Bertz CT molecular complexity index is 1030. The van der Waals surface area contributed by atoms with Crippen molar-refractivity contribution in [1.29, 1.82) is 0 Å². The second-order valence-corrected chi connectivity index (χ2v) is 8.43. The van der Waals surface area contributed by atoms with Gasteiger partial charge in [-0.25, -0.2) is 13.2 Å². The quantitative estimate of drug-likeness (QED) is 0.648. The summed E-state index contributed by atoms with van der Waals surface area (Å²) >= 11 is 11.8. The Morgan fingerprint density at radius 2 is 2.00 bits per heavy atom. The van der Waals surface area contributed by atoms with Crippen LogP contribution >= 0.6 is 23.2 Å². The minimum absolute atomic E-state index is 0.0121. The molecule has 2 aromatic carbocycles. The molecule has 1 aliphatic rings. The van der Waals surface area contributed by atoms with Crippen LogP contribution in [0.5, 0.6) is 11.5 Å². The number of hydrogen-bond donors (Lipinski definition) is 3. The van der Waals surface area contributed by atoms with Gasteiger partial charge in [0.1, 0.15) is 23.0 Å². The highest BCUT2D eigenvalue weighted by Gasteiger charge is 2.31. The minimum Gasteiger partial charge on any atom is -0.496 e. The van der Waals surface area contributed by atoms with Gasteiger partial charge in [0, 0.05) is 12.0 Å². The van der Waals surface area contributed by atoms with E-state index in [-0.39, 0.29) is 34.4 Å². The second-order valence-electron chi connectivity index (χ2n) is 5.97. The van der Waals surface area contributed by atoms with Crippen molar-refractivity contribution >= 4 is 45.0 Å². The van der Waals surface area contributed by atoms with Crippen molar-refractivity contribution in [2.24, 2.45) is 0 Å². The van der Waals surface area contributed by atoms with Gasteiger partial charge in [-0.1, -0.05) is 23.2 Å². The van der Waals surface area contributed by atoms with E-state index in [9.17, 15) is 13.2 Å². The Labute approximate surface area is 171 Å². The van der Waals surface area contributed by atoms with E-state index < -0.39 is 22.2 Å². The van der Waals surface area contributed by atoms with Crippen LogP contribution < -0.4 is 19.5 Å². The first-order valence-corrected chi connectivity index (χ1v) is 10.2. The Balaban J connectivity index is 1.98. The highest BCUT2D eigenvalue weighted by Crippen LogP contribution is 2.39. The highest BCUT2D eigenvalue weighted by atomic mass is 35.5. The molecule has 0 spiro atoms. The maximum Gasteiger partial charge on any atom is 0.405 e. The molecule has 2 aromatic rings. The summed E-state index contributed by atoms with van der Waals surface area (Å²) in [5.74, 6) is 0.524. The number of carboxylic acid groups (broad SMARTS) is 1. The Kier molecular flexibility index (Phi) is 5.78. The number of carbonyl (C=O) groups is 1. The molecule has 0 radical (unpaired) electrons. The van der Waals surface area contributed by atoms with Gasteiger partial charge in [-0.15, -0.1) is 0 Å². The SMILES string of the molecule is COc1ccc(S(=O)(=O)Nc2ccc(Cl)c(Cl)c2)c2c1C[C@@H](NC(=O)O)CO2. The molecule has 1 amide bonds. The molecule has 0 aromatic heterocycles. The third-order valence-electron chi connectivity index (χ3n) is 4.07. The number of amides is 1. The van der Waals surface area contributed by atoms with Gasteiger partial charge in [0.2, 0.25) is 0 Å². The van der Waals surface area contributed by atoms with Crippen LogP contribution in [0.2, 0.25) is 10.0 Å². The molecule has 1 aliphatic heterocycles. The van der Waals surface area contributed by atoms with Crippen LogP contribution in [-0.4, -0.2) is 39.4 Å². The number of benzene rings is 2. The number of methoxy groups -OCH3 is 1. The molecule has 0 saturated heterocycles. The number of anilines is 1. The first-order chi connectivity index (χ1) is 13.2. The molecular weight excluding hydrogens is 431 g/mol. The summed E-state index contributed by atoms with van der Waals surface area (Å²) in [6, 6.07) is 6.68. The number of halogens is 2. The predicted octanol–water partition coefficient (Wildman–Crippen LogP) is 3.37. The van der Waals surface area contributed by atoms with Gasteiger partial charge in [-0.2, -0.15) is 0 Å². The Hall–Kier alpha value is -2.36. The fourth-order valence-corrected chi connectivity index (χ4v) is 4.39. The van der Waals surface area contributed by atoms with Gasteiger partial charge in [0.25, 0.3) is 10.0 Å². The number of sulfonamides is 1. The molecule has 0 bridgehead atoms. The third-order valence-corrected chi connectivity index (χ3v) is 6.21. The number of nitrogens with one attached hydrogen (secondary N) is 2. The summed E-state index contributed by atoms with van der Waals surface area (Å²) in [6.45, 7) is -0.0121. The zero-order chi connectivity index (χ0) is 20.5. The van der Waals surface area contributed by atoms with Gasteiger partial charge in [-0.3, -0.25) is 4.72 Å². The maximum atomic E-state index is 12.9. The van der Waals surface area contributed by atoms with Gasteiger partial charge < -0.3 is 19.9 Å². The summed E-state index contributed by atoms with van der Waals surface area (Å²) < 4.78 is 39.1. The lowest BCUT2D eigenvalue weighted by Crippen LogP contribution is -2.42. The molecule has 0 unspecified atom stereocenters. The molecule has 11 heteroatoms. The molecule has 1 heterocycles. The molecule has 3 rings (SSSR count). The van der Waals surface area contributed by atoms with Crippen molar-refractivity contribution in [3.05, 3.63) is 45.9 Å². The van der Waals surface area contributed by atoms with E-state index in [1.165, 1.54) is 37.4 Å². The summed E-state index contributed by atoms with van der Waals surface area (Å²) in [6.07, 6.45) is -0.970. The van der Waals surface area contributed by atoms with Crippen LogP contribution in [-0.2, 0) is 16.4 Å². The lowest BCUT2D eigenvalue weighted by Gasteiger charge is -2.28. The van der Waals surface area contributed by atoms with Gasteiger partial charge in [-0.05, 0) is 30.3 Å². The van der Waals surface area contributed by atoms with E-state index in [2.05, 4.69) is 10.0 Å². The molecule has 150 valence electrons. The summed E-state index contributed by atoms with van der Waals surface area (Å²) in [5.41, 5.74) is 0.699. The van der Waals surface area contributed by atoms with E-state index in [1.807, 2.05) is 0 Å². The van der Waals surface area contributed by atoms with E-state index in [4.69, 9.17) is 37.8 Å². The van der Waals surface area contributed by atoms with Crippen molar-refractivity contribution < 1.29 is 27.8 Å². The molecule has 0 fully saturated rings. The Morgan fingerprint density at radius 3 is 2.64 bits per heavy atom. The van der Waals surface area contributed by atoms with Crippen LogP contribution in [0.15, 0.2) is 35.2 Å². The van der Waals surface area contributed by atoms with E-state index in [0.29, 0.717) is 16.3 Å². The standard InChI is InChI=1S/C17H16Cl2N2O6S/c1-26-14-4-5-15(16-11(14)6-10(8-27-16)20-17(22)23)28(24,25)21-9-2-3-12(18)13(19)7-9/h2-5,7,10,20-21H,6,8H2,1H3,(H,22,23)/t10-/m1/s1. The number of fused-ring (bicyclic) bond motifs is 1. The normalized spacial score (nSPS) is 15.9. The van der Waals surface area contributed by atoms with E-state index >= 15 is 0 Å². The second kappa shape index (κ2) is 7.94. The zero-order valence-electron chi connectivity index (χ0n) is 14.5. The van der Waals surface area contributed by atoms with E-state index in [0.717, 1.165) is 0 Å². The minimum atomic E-state index is -4.02. The predicted molar refractivity (Wildman–Crippen MR) is 104 cm³/mol. The van der Waals surface area contributed by atoms with Crippen LogP contribution in [0, 0.1) is 0 Å². The van der Waals surface area contributed by atoms with Crippen molar-refractivity contribution in [1.82, 2.24) is 5.32 Å². The number of rotatable bonds is 5. The monoisotopic (exact) mass is 446 g/mol. The van der Waals surface area contributed by atoms with Crippen molar-refractivity contribution in [2.75, 3.05) is 18.4 Å². The van der Waals surface area contributed by atoms with Gasteiger partial charge >= 0.3 is 6.09 Å². The van der Waals surface area contributed by atoms with Crippen molar-refractivity contribution in [3.63, 3.8) is 0 Å². The topological polar surface area (TPSA) is 114 Å². The fourth-order valence-electron chi connectivity index (χ4n) is 2.87. The van der Waals surface area contributed by atoms with Crippen LogP contribution in [0.25, 0.3) is 0 Å². The molecular formula is C17H16Cl2N2O6S. The average molecular weight is 447 g/mol. The maximum absolute atomic E-state index is 12.9. The van der Waals surface area contributed by atoms with Gasteiger partial charge in [0.05, 0.1) is 28.9 Å². The molecule has 3 N–H and O–H groups in total. The van der Waals surface area contributed by atoms with Crippen LogP contribution in [0.1, 0.15) is 5.56 Å². The Morgan fingerprint density at radius 1 is 1.25 bits per heavy atom. The number of ether oxygens (including phenoxy) is 2. The molecule has 1 atom stereocenters. The van der Waals surface area contributed by atoms with Crippen LogP contribution in [0.3, 0.4) is 0 Å². The van der Waals surface area contributed by atoms with Gasteiger partial charge in [0.15, 0.2) is 0 Å². The summed E-state index contributed by atoms with van der Waals surface area (Å²) in [4.78, 5) is 10.8. The number of hydrogen-bond acceptors (Lipinski definition) is 5.